The summed E-state index contributed by atoms with van der Waals surface area (Å²) in [6, 6.07) is 21.5. The molecule has 1 N–H and O–H groups in total. The van der Waals surface area contributed by atoms with Gasteiger partial charge in [-0.15, -0.1) is 0 Å². The van der Waals surface area contributed by atoms with Gasteiger partial charge in [0.25, 0.3) is 5.91 Å². The summed E-state index contributed by atoms with van der Waals surface area (Å²) in [4.78, 5) is 16.3. The van der Waals surface area contributed by atoms with Crippen LogP contribution in [0.4, 0.5) is 5.69 Å². The Labute approximate surface area is 129 Å². The molecule has 0 aliphatic carbocycles. The number of hydrogen-bond acceptors (Lipinski definition) is 2. The molecule has 22 heavy (non-hydrogen) atoms. The van der Waals surface area contributed by atoms with Gasteiger partial charge in [-0.05, 0) is 42.3 Å². The van der Waals surface area contributed by atoms with Gasteiger partial charge >= 0.3 is 0 Å². The maximum atomic E-state index is 12.1. The van der Waals surface area contributed by atoms with Crippen molar-refractivity contribution in [1.29, 1.82) is 0 Å². The highest BCUT2D eigenvalue weighted by atomic mass is 16.1. The van der Waals surface area contributed by atoms with E-state index in [4.69, 9.17) is 0 Å². The zero-order valence-electron chi connectivity index (χ0n) is 12.3. The minimum absolute atomic E-state index is 0.153. The minimum Gasteiger partial charge on any atom is -0.322 e. The average Bonchev–Trinajstić information content (AvgIpc) is 2.57. The Morgan fingerprint density at radius 2 is 1.55 bits per heavy atom. The monoisotopic (exact) mass is 288 g/mol. The minimum atomic E-state index is -0.153. The van der Waals surface area contributed by atoms with Gasteiger partial charge in [0.05, 0.1) is 5.56 Å². The van der Waals surface area contributed by atoms with Crippen molar-refractivity contribution in [3.8, 4) is 11.1 Å². The van der Waals surface area contributed by atoms with E-state index in [-0.39, 0.29) is 5.91 Å². The van der Waals surface area contributed by atoms with Crippen LogP contribution < -0.4 is 5.32 Å². The molecule has 108 valence electrons. The Morgan fingerprint density at radius 3 is 2.18 bits per heavy atom. The number of carbonyl (C=O) groups excluding carboxylic acids is 1. The number of carbonyl (C=O) groups is 1. The lowest BCUT2D eigenvalue weighted by atomic mass is 10.1. The number of rotatable bonds is 3. The molecule has 0 saturated heterocycles. The van der Waals surface area contributed by atoms with E-state index >= 15 is 0 Å². The average molecular weight is 288 g/mol. The molecule has 0 fully saturated rings. The lowest BCUT2D eigenvalue weighted by Gasteiger charge is -2.07. The number of hydrogen-bond donors (Lipinski definition) is 1. The molecule has 0 aliphatic rings. The zero-order valence-corrected chi connectivity index (χ0v) is 12.3. The van der Waals surface area contributed by atoms with Crippen LogP contribution in [0.15, 0.2) is 72.9 Å². The van der Waals surface area contributed by atoms with Crippen LogP contribution in [0.2, 0.25) is 0 Å². The van der Waals surface area contributed by atoms with E-state index in [1.807, 2.05) is 55.5 Å². The van der Waals surface area contributed by atoms with Crippen LogP contribution in [0.5, 0.6) is 0 Å². The molecule has 0 atom stereocenters. The van der Waals surface area contributed by atoms with Crippen molar-refractivity contribution < 1.29 is 4.79 Å². The highest BCUT2D eigenvalue weighted by Gasteiger charge is 2.06. The normalized spacial score (nSPS) is 10.2. The van der Waals surface area contributed by atoms with Gasteiger partial charge in [-0.25, -0.2) is 0 Å². The van der Waals surface area contributed by atoms with E-state index < -0.39 is 0 Å². The summed E-state index contributed by atoms with van der Waals surface area (Å²) >= 11 is 0. The number of benzene rings is 2. The van der Waals surface area contributed by atoms with Crippen LogP contribution in [0, 0.1) is 6.92 Å². The summed E-state index contributed by atoms with van der Waals surface area (Å²) in [5.74, 6) is -0.153. The van der Waals surface area contributed by atoms with Crippen LogP contribution in [0.3, 0.4) is 0 Å². The van der Waals surface area contributed by atoms with Crippen molar-refractivity contribution in [2.45, 2.75) is 6.92 Å². The Morgan fingerprint density at radius 1 is 0.864 bits per heavy atom. The SMILES string of the molecule is Cc1ccc(C(=O)Nc2ccc(-c3ccccc3)cc2)cn1. The summed E-state index contributed by atoms with van der Waals surface area (Å²) in [7, 11) is 0. The molecule has 3 aromatic rings. The van der Waals surface area contributed by atoms with Crippen LogP contribution in [0.25, 0.3) is 11.1 Å². The largest absolute Gasteiger partial charge is 0.322 e. The van der Waals surface area contributed by atoms with E-state index in [2.05, 4.69) is 22.4 Å². The second kappa shape index (κ2) is 6.22. The summed E-state index contributed by atoms with van der Waals surface area (Å²) in [6.07, 6.45) is 1.59. The summed E-state index contributed by atoms with van der Waals surface area (Å²) < 4.78 is 0. The van der Waals surface area contributed by atoms with E-state index in [0.29, 0.717) is 5.56 Å². The predicted octanol–water partition coefficient (Wildman–Crippen LogP) is 4.31. The lowest BCUT2D eigenvalue weighted by Crippen LogP contribution is -2.12. The van der Waals surface area contributed by atoms with Crippen molar-refractivity contribution in [1.82, 2.24) is 4.98 Å². The van der Waals surface area contributed by atoms with Crippen molar-refractivity contribution in [2.24, 2.45) is 0 Å². The van der Waals surface area contributed by atoms with Gasteiger partial charge in [0.1, 0.15) is 0 Å². The summed E-state index contributed by atoms with van der Waals surface area (Å²) in [5, 5.41) is 2.88. The first-order valence-electron chi connectivity index (χ1n) is 7.12. The summed E-state index contributed by atoms with van der Waals surface area (Å²) in [5.41, 5.74) is 4.49. The second-order valence-electron chi connectivity index (χ2n) is 5.09. The molecule has 2 aromatic carbocycles. The van der Waals surface area contributed by atoms with Crippen molar-refractivity contribution in [3.05, 3.63) is 84.2 Å². The fourth-order valence-electron chi connectivity index (χ4n) is 2.18. The van der Waals surface area contributed by atoms with E-state index in [1.165, 1.54) is 0 Å². The molecule has 1 heterocycles. The quantitative estimate of drug-likeness (QED) is 0.780. The first-order valence-corrected chi connectivity index (χ1v) is 7.12. The molecule has 1 aromatic heterocycles. The molecule has 0 bridgehead atoms. The molecular weight excluding hydrogens is 272 g/mol. The van der Waals surface area contributed by atoms with Crippen LogP contribution in [-0.4, -0.2) is 10.9 Å². The number of aromatic nitrogens is 1. The van der Waals surface area contributed by atoms with Crippen molar-refractivity contribution >= 4 is 11.6 Å². The predicted molar refractivity (Wildman–Crippen MR) is 88.8 cm³/mol. The molecule has 0 spiro atoms. The van der Waals surface area contributed by atoms with Gasteiger partial charge in [-0.3, -0.25) is 9.78 Å². The number of nitrogens with zero attached hydrogens (tertiary/aromatic N) is 1. The molecule has 1 amide bonds. The van der Waals surface area contributed by atoms with Crippen LogP contribution in [0.1, 0.15) is 16.1 Å². The number of amides is 1. The Balaban J connectivity index is 1.73. The molecule has 0 saturated carbocycles. The van der Waals surface area contributed by atoms with Gasteiger partial charge in [-0.2, -0.15) is 0 Å². The summed E-state index contributed by atoms with van der Waals surface area (Å²) in [6.45, 7) is 1.89. The molecular formula is C19H16N2O. The van der Waals surface area contributed by atoms with Crippen molar-refractivity contribution in [3.63, 3.8) is 0 Å². The van der Waals surface area contributed by atoms with Crippen LogP contribution >= 0.6 is 0 Å². The number of aryl methyl sites for hydroxylation is 1. The first kappa shape index (κ1) is 14.0. The third-order valence-electron chi connectivity index (χ3n) is 3.42. The third kappa shape index (κ3) is 3.20. The third-order valence-corrected chi connectivity index (χ3v) is 3.42. The van der Waals surface area contributed by atoms with E-state index in [1.54, 1.807) is 12.3 Å². The maximum absolute atomic E-state index is 12.1. The number of pyridine rings is 1. The van der Waals surface area contributed by atoms with Gasteiger partial charge in [0.15, 0.2) is 0 Å². The molecule has 0 radical (unpaired) electrons. The number of anilines is 1. The smallest absolute Gasteiger partial charge is 0.257 e. The molecule has 0 unspecified atom stereocenters. The highest BCUT2D eigenvalue weighted by Crippen LogP contribution is 2.21. The molecule has 3 rings (SSSR count). The number of nitrogens with one attached hydrogen (secondary N) is 1. The Hall–Kier alpha value is -2.94. The fraction of sp³-hybridized carbons (Fsp3) is 0.0526. The molecule has 3 nitrogen and oxygen atoms in total. The standard InChI is InChI=1S/C19H16N2O/c1-14-7-8-17(13-20-14)19(22)21-18-11-9-16(10-12-18)15-5-3-2-4-6-15/h2-13H,1H3,(H,21,22). The van der Waals surface area contributed by atoms with E-state index in [9.17, 15) is 4.79 Å². The lowest BCUT2D eigenvalue weighted by molar-refractivity contribution is 0.102. The fourth-order valence-corrected chi connectivity index (χ4v) is 2.18. The Bertz CT molecular complexity index is 763. The maximum Gasteiger partial charge on any atom is 0.257 e. The van der Waals surface area contributed by atoms with Gasteiger partial charge in [-0.1, -0.05) is 42.5 Å². The van der Waals surface area contributed by atoms with Gasteiger partial charge < -0.3 is 5.32 Å². The van der Waals surface area contributed by atoms with Crippen LogP contribution in [-0.2, 0) is 0 Å². The Kier molecular flexibility index (Phi) is 3.97. The van der Waals surface area contributed by atoms with Gasteiger partial charge in [0.2, 0.25) is 0 Å². The van der Waals surface area contributed by atoms with Gasteiger partial charge in [0, 0.05) is 17.6 Å². The molecule has 0 aliphatic heterocycles. The van der Waals surface area contributed by atoms with Crippen molar-refractivity contribution in [2.75, 3.05) is 5.32 Å². The first-order chi connectivity index (χ1) is 10.7. The zero-order chi connectivity index (χ0) is 15.4. The van der Waals surface area contributed by atoms with E-state index in [0.717, 1.165) is 22.5 Å². The molecule has 3 heteroatoms. The topological polar surface area (TPSA) is 42.0 Å². The highest BCUT2D eigenvalue weighted by molar-refractivity contribution is 6.04. The second-order valence-corrected chi connectivity index (χ2v) is 5.09.